The Morgan fingerprint density at radius 2 is 2.27 bits per heavy atom. The Labute approximate surface area is 92.9 Å². The number of aromatic nitrogens is 1. The van der Waals surface area contributed by atoms with Crippen molar-refractivity contribution in [1.82, 2.24) is 4.98 Å². The van der Waals surface area contributed by atoms with E-state index in [9.17, 15) is 5.11 Å². The molecule has 0 aliphatic heterocycles. The topological polar surface area (TPSA) is 62.0 Å². The summed E-state index contributed by atoms with van der Waals surface area (Å²) in [6.45, 7) is 0.477. The number of nitrogens with two attached hydrogens (primary N) is 1. The van der Waals surface area contributed by atoms with Crippen molar-refractivity contribution in [3.63, 3.8) is 0 Å². The molecule has 2 rings (SSSR count). The Morgan fingerprint density at radius 1 is 1.47 bits per heavy atom. The SMILES string of the molecule is NCCC(O)c1ccc2c(Cl)c[nH]c2c1. The standard InChI is InChI=1S/C11H13ClN2O/c12-9-6-14-10-5-7(1-2-8(9)10)11(15)3-4-13/h1-2,5-6,11,14-15H,3-4,13H2. The van der Waals surface area contributed by atoms with Crippen molar-refractivity contribution >= 4 is 22.5 Å². The molecular formula is C11H13ClN2O. The largest absolute Gasteiger partial charge is 0.388 e. The summed E-state index contributed by atoms with van der Waals surface area (Å²) in [4.78, 5) is 3.05. The molecule has 0 amide bonds. The van der Waals surface area contributed by atoms with E-state index in [0.717, 1.165) is 16.5 Å². The van der Waals surface area contributed by atoms with E-state index in [0.29, 0.717) is 18.0 Å². The molecule has 1 atom stereocenters. The van der Waals surface area contributed by atoms with Crippen molar-refractivity contribution in [3.8, 4) is 0 Å². The van der Waals surface area contributed by atoms with Gasteiger partial charge in [0.15, 0.2) is 0 Å². The van der Waals surface area contributed by atoms with Crippen LogP contribution in [-0.2, 0) is 0 Å². The average Bonchev–Trinajstić information content (AvgIpc) is 2.60. The predicted octanol–water partition coefficient (Wildman–Crippen LogP) is 2.20. The molecule has 15 heavy (non-hydrogen) atoms. The molecule has 0 saturated carbocycles. The summed E-state index contributed by atoms with van der Waals surface area (Å²) < 4.78 is 0. The van der Waals surface area contributed by atoms with Crippen molar-refractivity contribution in [3.05, 3.63) is 35.0 Å². The van der Waals surface area contributed by atoms with Gasteiger partial charge in [0, 0.05) is 17.1 Å². The molecule has 4 heteroatoms. The van der Waals surface area contributed by atoms with E-state index < -0.39 is 6.10 Å². The highest BCUT2D eigenvalue weighted by atomic mass is 35.5. The molecule has 3 nitrogen and oxygen atoms in total. The molecule has 0 spiro atoms. The van der Waals surface area contributed by atoms with Crippen LogP contribution in [0.3, 0.4) is 0 Å². The van der Waals surface area contributed by atoms with Gasteiger partial charge in [0.2, 0.25) is 0 Å². The molecular weight excluding hydrogens is 212 g/mol. The normalized spacial score (nSPS) is 13.3. The average molecular weight is 225 g/mol. The highest BCUT2D eigenvalue weighted by Gasteiger charge is 2.08. The number of aliphatic hydroxyl groups is 1. The monoisotopic (exact) mass is 224 g/mol. The summed E-state index contributed by atoms with van der Waals surface area (Å²) in [5, 5.41) is 11.4. The maximum absolute atomic E-state index is 9.76. The van der Waals surface area contributed by atoms with Crippen LogP contribution in [0.1, 0.15) is 18.1 Å². The molecule has 0 fully saturated rings. The quantitative estimate of drug-likeness (QED) is 0.749. The Morgan fingerprint density at radius 3 is 3.00 bits per heavy atom. The third-order valence-electron chi connectivity index (χ3n) is 2.48. The van der Waals surface area contributed by atoms with Gasteiger partial charge in [0.1, 0.15) is 0 Å². The van der Waals surface area contributed by atoms with Gasteiger partial charge in [-0.1, -0.05) is 23.7 Å². The fourth-order valence-corrected chi connectivity index (χ4v) is 1.86. The van der Waals surface area contributed by atoms with Crippen LogP contribution in [0.4, 0.5) is 0 Å². The van der Waals surface area contributed by atoms with Gasteiger partial charge >= 0.3 is 0 Å². The summed E-state index contributed by atoms with van der Waals surface area (Å²) >= 11 is 5.95. The van der Waals surface area contributed by atoms with Gasteiger partial charge in [-0.2, -0.15) is 0 Å². The van der Waals surface area contributed by atoms with E-state index in [2.05, 4.69) is 4.98 Å². The molecule has 0 aliphatic rings. The number of H-pyrrole nitrogens is 1. The highest BCUT2D eigenvalue weighted by Crippen LogP contribution is 2.26. The van der Waals surface area contributed by atoms with Gasteiger partial charge in [0.05, 0.1) is 11.1 Å². The lowest BCUT2D eigenvalue weighted by molar-refractivity contribution is 0.170. The van der Waals surface area contributed by atoms with E-state index in [-0.39, 0.29) is 0 Å². The molecule has 80 valence electrons. The first-order valence-corrected chi connectivity index (χ1v) is 5.25. The lowest BCUT2D eigenvalue weighted by Gasteiger charge is -2.09. The van der Waals surface area contributed by atoms with Crippen molar-refractivity contribution in [2.75, 3.05) is 6.54 Å². The second kappa shape index (κ2) is 4.23. The van der Waals surface area contributed by atoms with Gasteiger partial charge in [-0.3, -0.25) is 0 Å². The van der Waals surface area contributed by atoms with Crippen molar-refractivity contribution in [2.24, 2.45) is 5.73 Å². The number of aromatic amines is 1. The summed E-state index contributed by atoms with van der Waals surface area (Å²) in [6, 6.07) is 5.69. The second-order valence-corrected chi connectivity index (χ2v) is 3.94. The third kappa shape index (κ3) is 2.00. The number of hydrogen-bond acceptors (Lipinski definition) is 2. The van der Waals surface area contributed by atoms with Crippen LogP contribution in [0, 0.1) is 0 Å². The van der Waals surface area contributed by atoms with E-state index in [4.69, 9.17) is 17.3 Å². The zero-order valence-corrected chi connectivity index (χ0v) is 8.96. The first-order valence-electron chi connectivity index (χ1n) is 4.87. The minimum Gasteiger partial charge on any atom is -0.388 e. The number of rotatable bonds is 3. The van der Waals surface area contributed by atoms with Crippen LogP contribution in [-0.4, -0.2) is 16.6 Å². The lowest BCUT2D eigenvalue weighted by atomic mass is 10.1. The van der Waals surface area contributed by atoms with Gasteiger partial charge in [-0.25, -0.2) is 0 Å². The Kier molecular flexibility index (Phi) is 2.95. The first-order chi connectivity index (χ1) is 7.22. The predicted molar refractivity (Wildman–Crippen MR) is 61.9 cm³/mol. The highest BCUT2D eigenvalue weighted by molar-refractivity contribution is 6.35. The maximum Gasteiger partial charge on any atom is 0.0802 e. The molecule has 1 unspecified atom stereocenters. The Balaban J connectivity index is 2.38. The second-order valence-electron chi connectivity index (χ2n) is 3.53. The summed E-state index contributed by atoms with van der Waals surface area (Å²) in [5.41, 5.74) is 7.20. The minimum atomic E-state index is -0.499. The molecule has 2 aromatic rings. The molecule has 1 aromatic heterocycles. The van der Waals surface area contributed by atoms with Crippen LogP contribution in [0.2, 0.25) is 5.02 Å². The maximum atomic E-state index is 9.76. The van der Waals surface area contributed by atoms with E-state index in [1.807, 2.05) is 18.2 Å². The molecule has 1 aromatic carbocycles. The van der Waals surface area contributed by atoms with E-state index in [1.165, 1.54) is 0 Å². The van der Waals surface area contributed by atoms with Crippen molar-refractivity contribution < 1.29 is 5.11 Å². The zero-order chi connectivity index (χ0) is 10.8. The molecule has 0 saturated heterocycles. The number of nitrogens with one attached hydrogen (secondary N) is 1. The van der Waals surface area contributed by atoms with E-state index >= 15 is 0 Å². The summed E-state index contributed by atoms with van der Waals surface area (Å²) in [5.74, 6) is 0. The van der Waals surface area contributed by atoms with Crippen LogP contribution < -0.4 is 5.73 Å². The number of fused-ring (bicyclic) bond motifs is 1. The summed E-state index contributed by atoms with van der Waals surface area (Å²) in [7, 11) is 0. The molecule has 0 bridgehead atoms. The lowest BCUT2D eigenvalue weighted by Crippen LogP contribution is -2.06. The Hall–Kier alpha value is -1.03. The minimum absolute atomic E-state index is 0.477. The van der Waals surface area contributed by atoms with Crippen molar-refractivity contribution in [1.29, 1.82) is 0 Å². The van der Waals surface area contributed by atoms with Gasteiger partial charge < -0.3 is 15.8 Å². The molecule has 4 N–H and O–H groups in total. The van der Waals surface area contributed by atoms with Crippen molar-refractivity contribution in [2.45, 2.75) is 12.5 Å². The molecule has 0 radical (unpaired) electrons. The first kappa shape index (κ1) is 10.5. The third-order valence-corrected chi connectivity index (χ3v) is 2.79. The van der Waals surface area contributed by atoms with Crippen LogP contribution in [0.15, 0.2) is 24.4 Å². The number of hydrogen-bond donors (Lipinski definition) is 3. The molecule has 0 aliphatic carbocycles. The fraction of sp³-hybridized carbons (Fsp3) is 0.273. The number of halogens is 1. The van der Waals surface area contributed by atoms with Crippen LogP contribution >= 0.6 is 11.6 Å². The van der Waals surface area contributed by atoms with Gasteiger partial charge in [0.25, 0.3) is 0 Å². The smallest absolute Gasteiger partial charge is 0.0802 e. The molecule has 1 heterocycles. The van der Waals surface area contributed by atoms with Gasteiger partial charge in [-0.15, -0.1) is 0 Å². The van der Waals surface area contributed by atoms with E-state index in [1.54, 1.807) is 6.20 Å². The van der Waals surface area contributed by atoms with Crippen LogP contribution in [0.25, 0.3) is 10.9 Å². The summed E-state index contributed by atoms with van der Waals surface area (Å²) in [6.07, 6.45) is 1.81. The van der Waals surface area contributed by atoms with Gasteiger partial charge in [-0.05, 0) is 24.6 Å². The zero-order valence-electron chi connectivity index (χ0n) is 8.20. The fourth-order valence-electron chi connectivity index (χ4n) is 1.64. The Bertz CT molecular complexity index is 467. The number of aliphatic hydroxyl groups excluding tert-OH is 1. The van der Waals surface area contributed by atoms with Crippen LogP contribution in [0.5, 0.6) is 0 Å². The number of benzene rings is 1.